The van der Waals surface area contributed by atoms with Crippen molar-refractivity contribution in [3.63, 3.8) is 0 Å². The predicted octanol–water partition coefficient (Wildman–Crippen LogP) is 4.42. The third-order valence-corrected chi connectivity index (χ3v) is 3.35. The monoisotopic (exact) mass is 282 g/mol. The van der Waals surface area contributed by atoms with E-state index in [2.05, 4.69) is 20.8 Å². The molecule has 1 N–H and O–H groups in total. The molecule has 0 radical (unpaired) electrons. The van der Waals surface area contributed by atoms with Crippen LogP contribution in [0.25, 0.3) is 6.08 Å². The Bertz CT molecular complexity index is 641. The first-order valence-corrected chi connectivity index (χ1v) is 6.90. The largest absolute Gasteiger partial charge is 0.507 e. The van der Waals surface area contributed by atoms with Crippen LogP contribution in [0.1, 0.15) is 58.2 Å². The van der Waals surface area contributed by atoms with E-state index in [-0.39, 0.29) is 22.2 Å². The van der Waals surface area contributed by atoms with Gasteiger partial charge in [0, 0.05) is 11.1 Å². The third kappa shape index (κ3) is 3.86. The lowest BCUT2D eigenvalue weighted by molar-refractivity contribution is 0.443. The Morgan fingerprint density at radius 2 is 1.52 bits per heavy atom. The molecule has 0 aliphatic heterocycles. The Morgan fingerprint density at radius 3 is 1.90 bits per heavy atom. The molecule has 0 saturated carbocycles. The van der Waals surface area contributed by atoms with Gasteiger partial charge in [0.2, 0.25) is 0 Å². The van der Waals surface area contributed by atoms with E-state index in [0.29, 0.717) is 5.56 Å². The van der Waals surface area contributed by atoms with E-state index < -0.39 is 0 Å². The van der Waals surface area contributed by atoms with E-state index >= 15 is 0 Å². The topological polar surface area (TPSA) is 67.8 Å². The fourth-order valence-electron chi connectivity index (χ4n) is 2.02. The maximum absolute atomic E-state index is 10.5. The van der Waals surface area contributed by atoms with Crippen LogP contribution in [0.3, 0.4) is 0 Å². The van der Waals surface area contributed by atoms with Gasteiger partial charge >= 0.3 is 0 Å². The van der Waals surface area contributed by atoms with Crippen molar-refractivity contribution in [2.24, 2.45) is 0 Å². The molecule has 0 unspecified atom stereocenters. The van der Waals surface area contributed by atoms with Gasteiger partial charge < -0.3 is 5.11 Å². The maximum Gasteiger partial charge on any atom is 0.130 e. The van der Waals surface area contributed by atoms with Crippen LogP contribution in [0.2, 0.25) is 0 Å². The van der Waals surface area contributed by atoms with Crippen LogP contribution in [-0.2, 0) is 10.8 Å². The fraction of sp³-hybridized carbons (Fsp3) is 0.444. The lowest BCUT2D eigenvalue weighted by atomic mass is 9.79. The molecule has 21 heavy (non-hydrogen) atoms. The van der Waals surface area contributed by atoms with Crippen molar-refractivity contribution in [2.45, 2.75) is 52.4 Å². The minimum Gasteiger partial charge on any atom is -0.507 e. The molecule has 0 aliphatic carbocycles. The molecular weight excluding hydrogens is 260 g/mol. The second-order valence-electron chi connectivity index (χ2n) is 7.24. The van der Waals surface area contributed by atoms with Crippen LogP contribution in [0.4, 0.5) is 0 Å². The van der Waals surface area contributed by atoms with Crippen molar-refractivity contribution in [1.82, 2.24) is 0 Å². The third-order valence-electron chi connectivity index (χ3n) is 3.35. The Labute approximate surface area is 127 Å². The standard InChI is InChI=1S/C18H22N2O/c1-17(2,3)14-8-13(7-12(10-19)11-20)16(21)15(9-14)18(4,5)6/h7-9,21H,1-6H3. The molecule has 3 heteroatoms. The molecule has 0 bridgehead atoms. The zero-order valence-electron chi connectivity index (χ0n) is 13.6. The van der Waals surface area contributed by atoms with Gasteiger partial charge in [-0.25, -0.2) is 0 Å². The maximum atomic E-state index is 10.5. The molecule has 1 rings (SSSR count). The van der Waals surface area contributed by atoms with Gasteiger partial charge in [0.05, 0.1) is 0 Å². The zero-order chi connectivity index (χ0) is 16.4. The van der Waals surface area contributed by atoms with Crippen molar-refractivity contribution in [3.8, 4) is 17.9 Å². The summed E-state index contributed by atoms with van der Waals surface area (Å²) < 4.78 is 0. The zero-order valence-corrected chi connectivity index (χ0v) is 13.6. The minimum absolute atomic E-state index is 0.0174. The van der Waals surface area contributed by atoms with E-state index in [1.54, 1.807) is 0 Å². The number of nitriles is 2. The van der Waals surface area contributed by atoms with Crippen molar-refractivity contribution in [1.29, 1.82) is 10.5 Å². The molecule has 0 heterocycles. The molecule has 0 atom stereocenters. The first-order chi connectivity index (χ1) is 9.50. The van der Waals surface area contributed by atoms with Gasteiger partial charge in [-0.2, -0.15) is 10.5 Å². The van der Waals surface area contributed by atoms with E-state index in [9.17, 15) is 5.11 Å². The highest BCUT2D eigenvalue weighted by Crippen LogP contribution is 2.38. The Hall–Kier alpha value is -2.26. The Morgan fingerprint density at radius 1 is 1.00 bits per heavy atom. The summed E-state index contributed by atoms with van der Waals surface area (Å²) in [6.45, 7) is 12.4. The predicted molar refractivity (Wildman–Crippen MR) is 84.7 cm³/mol. The summed E-state index contributed by atoms with van der Waals surface area (Å²) in [6.07, 6.45) is 1.44. The molecule has 0 fully saturated rings. The minimum atomic E-state index is -0.229. The van der Waals surface area contributed by atoms with Crippen LogP contribution in [0.15, 0.2) is 17.7 Å². The molecule has 0 spiro atoms. The average molecular weight is 282 g/mol. The van der Waals surface area contributed by atoms with Crippen molar-refractivity contribution in [2.75, 3.05) is 0 Å². The van der Waals surface area contributed by atoms with E-state index in [4.69, 9.17) is 10.5 Å². The van der Waals surface area contributed by atoms with Gasteiger partial charge in [-0.1, -0.05) is 47.6 Å². The first kappa shape index (κ1) is 16.8. The number of allylic oxidation sites excluding steroid dienone is 1. The van der Waals surface area contributed by atoms with Gasteiger partial charge in [0.15, 0.2) is 0 Å². The fourth-order valence-corrected chi connectivity index (χ4v) is 2.02. The molecule has 1 aromatic rings. The normalized spacial score (nSPS) is 11.4. The van der Waals surface area contributed by atoms with Gasteiger partial charge in [-0.05, 0) is 28.5 Å². The number of benzene rings is 1. The summed E-state index contributed by atoms with van der Waals surface area (Å²) >= 11 is 0. The Kier molecular flexibility index (Phi) is 4.49. The van der Waals surface area contributed by atoms with Gasteiger partial charge in [-0.3, -0.25) is 0 Å². The average Bonchev–Trinajstić information content (AvgIpc) is 2.34. The molecule has 0 amide bonds. The number of hydrogen-bond acceptors (Lipinski definition) is 3. The number of rotatable bonds is 1. The van der Waals surface area contributed by atoms with Crippen LogP contribution in [-0.4, -0.2) is 5.11 Å². The second kappa shape index (κ2) is 5.62. The number of nitrogens with zero attached hydrogens (tertiary/aromatic N) is 2. The van der Waals surface area contributed by atoms with Crippen molar-refractivity contribution < 1.29 is 5.11 Å². The van der Waals surface area contributed by atoms with Gasteiger partial charge in [0.1, 0.15) is 23.5 Å². The molecule has 3 nitrogen and oxygen atoms in total. The smallest absolute Gasteiger partial charge is 0.130 e. The van der Waals surface area contributed by atoms with Gasteiger partial charge in [0.25, 0.3) is 0 Å². The van der Waals surface area contributed by atoms with Crippen molar-refractivity contribution in [3.05, 3.63) is 34.4 Å². The highest BCUT2D eigenvalue weighted by atomic mass is 16.3. The van der Waals surface area contributed by atoms with E-state index in [1.165, 1.54) is 6.08 Å². The SMILES string of the molecule is CC(C)(C)c1cc(C=C(C#N)C#N)c(O)c(C(C)(C)C)c1. The molecular formula is C18H22N2O. The van der Waals surface area contributed by atoms with Crippen LogP contribution in [0.5, 0.6) is 5.75 Å². The molecule has 110 valence electrons. The summed E-state index contributed by atoms with van der Waals surface area (Å²) in [5.41, 5.74) is 2.06. The quantitative estimate of drug-likeness (QED) is 0.775. The number of hydrogen-bond donors (Lipinski definition) is 1. The molecule has 1 aromatic carbocycles. The van der Waals surface area contributed by atoms with Crippen LogP contribution >= 0.6 is 0 Å². The summed E-state index contributed by atoms with van der Waals surface area (Å²) in [4.78, 5) is 0. The molecule has 0 aromatic heterocycles. The summed E-state index contributed by atoms with van der Waals surface area (Å²) in [5.74, 6) is 0.138. The number of aromatic hydroxyl groups is 1. The number of phenolic OH excluding ortho intramolecular Hbond substituents is 1. The summed E-state index contributed by atoms with van der Waals surface area (Å²) in [7, 11) is 0. The van der Waals surface area contributed by atoms with E-state index in [1.807, 2.05) is 45.0 Å². The number of phenols is 1. The lowest BCUT2D eigenvalue weighted by Gasteiger charge is -2.27. The highest BCUT2D eigenvalue weighted by molar-refractivity contribution is 5.69. The van der Waals surface area contributed by atoms with E-state index in [0.717, 1.165) is 11.1 Å². The molecule has 0 saturated heterocycles. The summed E-state index contributed by atoms with van der Waals surface area (Å²) in [5, 5.41) is 28.3. The first-order valence-electron chi connectivity index (χ1n) is 6.90. The van der Waals surface area contributed by atoms with Crippen LogP contribution < -0.4 is 0 Å². The molecule has 0 aliphatic rings. The van der Waals surface area contributed by atoms with Crippen molar-refractivity contribution >= 4 is 6.08 Å². The van der Waals surface area contributed by atoms with Crippen LogP contribution in [0, 0.1) is 22.7 Å². The lowest BCUT2D eigenvalue weighted by Crippen LogP contribution is -2.17. The highest BCUT2D eigenvalue weighted by Gasteiger charge is 2.24. The Balaban J connectivity index is 3.70. The van der Waals surface area contributed by atoms with Gasteiger partial charge in [-0.15, -0.1) is 0 Å². The summed E-state index contributed by atoms with van der Waals surface area (Å²) in [6, 6.07) is 7.52. The second-order valence-corrected chi connectivity index (χ2v) is 7.24.